The van der Waals surface area contributed by atoms with Crippen LogP contribution in [0.3, 0.4) is 0 Å². The fourth-order valence-corrected chi connectivity index (χ4v) is 3.34. The molecule has 0 aromatic heterocycles. The zero-order valence-electron chi connectivity index (χ0n) is 16.4. The van der Waals surface area contributed by atoms with Crippen molar-refractivity contribution in [2.45, 2.75) is 26.1 Å². The van der Waals surface area contributed by atoms with Crippen molar-refractivity contribution >= 4 is 23.5 Å². The highest BCUT2D eigenvalue weighted by Crippen LogP contribution is 2.14. The number of rotatable bonds is 7. The number of carbonyl (C=O) groups is 2. The second-order valence-corrected chi connectivity index (χ2v) is 7.50. The molecule has 154 valence electrons. The second kappa shape index (κ2) is 10.4. The smallest absolute Gasteiger partial charge is 0.338 e. The van der Waals surface area contributed by atoms with E-state index >= 15 is 0 Å². The van der Waals surface area contributed by atoms with Crippen molar-refractivity contribution in [2.24, 2.45) is 0 Å². The Bertz CT molecular complexity index is 835. The third kappa shape index (κ3) is 6.29. The highest BCUT2D eigenvalue weighted by Gasteiger charge is 2.19. The molecule has 0 unspecified atom stereocenters. The van der Waals surface area contributed by atoms with E-state index in [-0.39, 0.29) is 12.5 Å². The summed E-state index contributed by atoms with van der Waals surface area (Å²) in [5.41, 5.74) is 2.39. The van der Waals surface area contributed by atoms with Gasteiger partial charge in [0.15, 0.2) is 6.10 Å². The van der Waals surface area contributed by atoms with Crippen LogP contribution in [0, 0.1) is 0 Å². The van der Waals surface area contributed by atoms with Gasteiger partial charge in [-0.3, -0.25) is 4.79 Å². The van der Waals surface area contributed by atoms with Gasteiger partial charge in [-0.1, -0.05) is 41.9 Å². The highest BCUT2D eigenvalue weighted by atomic mass is 35.5. The molecule has 1 saturated heterocycles. The van der Waals surface area contributed by atoms with E-state index in [0.29, 0.717) is 10.6 Å². The van der Waals surface area contributed by atoms with Gasteiger partial charge >= 0.3 is 5.97 Å². The second-order valence-electron chi connectivity index (χ2n) is 7.09. The van der Waals surface area contributed by atoms with Crippen LogP contribution in [0.5, 0.6) is 0 Å². The Morgan fingerprint density at radius 3 is 2.52 bits per heavy atom. The summed E-state index contributed by atoms with van der Waals surface area (Å²) in [5.74, 6) is -0.888. The molecular formula is C22H26ClN2O4+. The summed E-state index contributed by atoms with van der Waals surface area (Å²) >= 11 is 6.08. The summed E-state index contributed by atoms with van der Waals surface area (Å²) in [6.45, 7) is 6.29. The molecule has 2 aromatic rings. The van der Waals surface area contributed by atoms with Gasteiger partial charge in [-0.2, -0.15) is 0 Å². The number of quaternary nitrogens is 1. The van der Waals surface area contributed by atoms with Crippen LogP contribution in [-0.2, 0) is 27.4 Å². The number of halogens is 1. The third-order valence-electron chi connectivity index (χ3n) is 4.91. The molecule has 6 nitrogen and oxygen atoms in total. The van der Waals surface area contributed by atoms with Crippen LogP contribution < -0.4 is 10.2 Å². The van der Waals surface area contributed by atoms with E-state index in [1.54, 1.807) is 25.1 Å². The van der Waals surface area contributed by atoms with Crippen molar-refractivity contribution in [1.29, 1.82) is 0 Å². The maximum Gasteiger partial charge on any atom is 0.338 e. The zero-order valence-corrected chi connectivity index (χ0v) is 17.2. The normalized spacial score (nSPS) is 15.5. The molecule has 1 aliphatic rings. The fourth-order valence-electron chi connectivity index (χ4n) is 3.13. The summed E-state index contributed by atoms with van der Waals surface area (Å²) in [4.78, 5) is 26.0. The van der Waals surface area contributed by atoms with E-state index in [2.05, 4.69) is 5.32 Å². The van der Waals surface area contributed by atoms with Crippen LogP contribution in [-0.4, -0.2) is 44.3 Å². The van der Waals surface area contributed by atoms with E-state index < -0.39 is 12.1 Å². The number of hydrogen-bond donors (Lipinski definition) is 2. The number of ether oxygens (including phenoxy) is 2. The van der Waals surface area contributed by atoms with Gasteiger partial charge < -0.3 is 19.7 Å². The molecule has 1 amide bonds. The van der Waals surface area contributed by atoms with Gasteiger partial charge in [-0.15, -0.1) is 0 Å². The molecule has 1 heterocycles. The number of morpholine rings is 1. The van der Waals surface area contributed by atoms with Crippen LogP contribution in [0.1, 0.15) is 28.4 Å². The van der Waals surface area contributed by atoms with Crippen LogP contribution >= 0.6 is 11.6 Å². The predicted molar refractivity (Wildman–Crippen MR) is 110 cm³/mol. The van der Waals surface area contributed by atoms with Gasteiger partial charge in [-0.25, -0.2) is 4.79 Å². The number of amides is 1. The lowest BCUT2D eigenvalue weighted by molar-refractivity contribution is -0.921. The minimum absolute atomic E-state index is 0.277. The Balaban J connectivity index is 1.48. The third-order valence-corrected chi connectivity index (χ3v) is 5.28. The predicted octanol–water partition coefficient (Wildman–Crippen LogP) is 1.62. The van der Waals surface area contributed by atoms with Gasteiger partial charge in [0, 0.05) is 17.1 Å². The van der Waals surface area contributed by atoms with E-state index in [4.69, 9.17) is 21.1 Å². The van der Waals surface area contributed by atoms with Crippen molar-refractivity contribution in [2.75, 3.05) is 26.3 Å². The van der Waals surface area contributed by atoms with E-state index in [1.165, 1.54) is 4.90 Å². The molecule has 1 atom stereocenters. The van der Waals surface area contributed by atoms with Crippen LogP contribution in [0.4, 0.5) is 0 Å². The molecule has 0 aliphatic carbocycles. The molecule has 2 aromatic carbocycles. The first-order valence-corrected chi connectivity index (χ1v) is 10.1. The van der Waals surface area contributed by atoms with Gasteiger partial charge in [-0.05, 0) is 30.7 Å². The first-order chi connectivity index (χ1) is 14.0. The standard InChI is InChI=1S/C22H25ClN2O4/c1-16(21(26)24-14-19-4-2-3-5-20(19)23)29-22(27)18-8-6-17(7-9-18)15-25-10-12-28-13-11-25/h2-9,16H,10-15H2,1H3,(H,24,26)/p+1/t16-/m1/s1. The van der Waals surface area contributed by atoms with E-state index in [1.807, 2.05) is 30.3 Å². The van der Waals surface area contributed by atoms with Gasteiger partial charge in [0.2, 0.25) is 0 Å². The maximum atomic E-state index is 12.3. The van der Waals surface area contributed by atoms with Crippen LogP contribution in [0.15, 0.2) is 48.5 Å². The molecule has 3 rings (SSSR count). The van der Waals surface area contributed by atoms with Crippen LogP contribution in [0.2, 0.25) is 5.02 Å². The lowest BCUT2D eigenvalue weighted by atomic mass is 10.1. The quantitative estimate of drug-likeness (QED) is 0.672. The first-order valence-electron chi connectivity index (χ1n) is 9.75. The lowest BCUT2D eigenvalue weighted by Gasteiger charge is -2.23. The van der Waals surface area contributed by atoms with E-state index in [0.717, 1.165) is 44.0 Å². The van der Waals surface area contributed by atoms with E-state index in [9.17, 15) is 9.59 Å². The number of hydrogen-bond acceptors (Lipinski definition) is 4. The van der Waals surface area contributed by atoms with Crippen molar-refractivity contribution in [1.82, 2.24) is 5.32 Å². The molecule has 7 heteroatoms. The number of benzene rings is 2. The molecule has 1 aliphatic heterocycles. The fraction of sp³-hybridized carbons (Fsp3) is 0.364. The zero-order chi connectivity index (χ0) is 20.6. The van der Waals surface area contributed by atoms with Gasteiger partial charge in [0.05, 0.1) is 18.8 Å². The minimum atomic E-state index is -0.901. The highest BCUT2D eigenvalue weighted by molar-refractivity contribution is 6.31. The Morgan fingerprint density at radius 2 is 1.83 bits per heavy atom. The Labute approximate surface area is 175 Å². The molecule has 0 bridgehead atoms. The minimum Gasteiger partial charge on any atom is -0.449 e. The molecule has 0 saturated carbocycles. The largest absolute Gasteiger partial charge is 0.449 e. The summed E-state index contributed by atoms with van der Waals surface area (Å²) in [5, 5.41) is 3.32. The Kier molecular flexibility index (Phi) is 7.63. The Morgan fingerprint density at radius 1 is 1.14 bits per heavy atom. The summed E-state index contributed by atoms with van der Waals surface area (Å²) in [6.07, 6.45) is -0.901. The lowest BCUT2D eigenvalue weighted by Crippen LogP contribution is -3.12. The van der Waals surface area contributed by atoms with Gasteiger partial charge in [0.1, 0.15) is 19.6 Å². The summed E-state index contributed by atoms with van der Waals surface area (Å²) < 4.78 is 10.7. The Hall–Kier alpha value is -2.41. The molecule has 1 fully saturated rings. The number of esters is 1. The first kappa shape index (κ1) is 21.3. The van der Waals surface area contributed by atoms with Crippen molar-refractivity contribution < 1.29 is 24.0 Å². The molecular weight excluding hydrogens is 392 g/mol. The average molecular weight is 418 g/mol. The number of carbonyl (C=O) groups excluding carboxylic acids is 2. The molecule has 0 spiro atoms. The SMILES string of the molecule is C[C@@H](OC(=O)c1ccc(C[NH+]2CCOCC2)cc1)C(=O)NCc1ccccc1Cl. The van der Waals surface area contributed by atoms with Crippen LogP contribution in [0.25, 0.3) is 0 Å². The average Bonchev–Trinajstić information content (AvgIpc) is 2.74. The van der Waals surface area contributed by atoms with Crippen molar-refractivity contribution in [3.05, 3.63) is 70.2 Å². The number of nitrogens with one attached hydrogen (secondary N) is 2. The molecule has 29 heavy (non-hydrogen) atoms. The molecule has 0 radical (unpaired) electrons. The topological polar surface area (TPSA) is 69.1 Å². The van der Waals surface area contributed by atoms with Crippen molar-refractivity contribution in [3.8, 4) is 0 Å². The maximum absolute atomic E-state index is 12.3. The van der Waals surface area contributed by atoms with Crippen molar-refractivity contribution in [3.63, 3.8) is 0 Å². The summed E-state index contributed by atoms with van der Waals surface area (Å²) in [7, 11) is 0. The summed E-state index contributed by atoms with van der Waals surface area (Å²) in [6, 6.07) is 14.6. The van der Waals surface area contributed by atoms with Gasteiger partial charge in [0.25, 0.3) is 5.91 Å². The molecule has 2 N–H and O–H groups in total. The monoisotopic (exact) mass is 417 g/mol.